The molecule has 0 spiro atoms. The van der Waals surface area contributed by atoms with Crippen molar-refractivity contribution in [3.63, 3.8) is 0 Å². The van der Waals surface area contributed by atoms with E-state index in [2.05, 4.69) is 25.9 Å². The van der Waals surface area contributed by atoms with E-state index < -0.39 is 23.9 Å². The van der Waals surface area contributed by atoms with Gasteiger partial charge in [0.05, 0.1) is 5.56 Å². The Bertz CT molecular complexity index is 1070. The lowest BCUT2D eigenvalue weighted by molar-refractivity contribution is -0.140. The summed E-state index contributed by atoms with van der Waals surface area (Å²) in [6, 6.07) is 5.29. The highest BCUT2D eigenvalue weighted by Gasteiger charge is 2.23. The van der Waals surface area contributed by atoms with E-state index in [1.54, 1.807) is 24.3 Å². The zero-order chi connectivity index (χ0) is 23.3. The van der Waals surface area contributed by atoms with Gasteiger partial charge in [-0.15, -0.1) is 0 Å². The maximum atomic E-state index is 12.3. The number of carbonyl (C=O) groups is 3. The van der Waals surface area contributed by atoms with Gasteiger partial charge >= 0.3 is 11.9 Å². The van der Waals surface area contributed by atoms with Crippen molar-refractivity contribution in [3.8, 4) is 0 Å². The van der Waals surface area contributed by atoms with Gasteiger partial charge in [-0.2, -0.15) is 4.98 Å². The average Bonchev–Trinajstić information content (AvgIpc) is 2.75. The van der Waals surface area contributed by atoms with Crippen molar-refractivity contribution >= 4 is 29.6 Å². The third-order valence-corrected chi connectivity index (χ3v) is 5.06. The lowest BCUT2D eigenvalue weighted by atomic mass is 10.0. The maximum absolute atomic E-state index is 12.3. The number of carbonyl (C=O) groups excluding carboxylic acids is 1. The van der Waals surface area contributed by atoms with Crippen LogP contribution in [0.25, 0.3) is 0 Å². The van der Waals surface area contributed by atoms with Gasteiger partial charge < -0.3 is 31.9 Å². The predicted molar refractivity (Wildman–Crippen MR) is 114 cm³/mol. The highest BCUT2D eigenvalue weighted by atomic mass is 16.4. The second-order valence-electron chi connectivity index (χ2n) is 7.43. The van der Waals surface area contributed by atoms with Crippen molar-refractivity contribution in [1.82, 2.24) is 20.6 Å². The number of aliphatic carboxylic acids is 2. The first-order valence-corrected chi connectivity index (χ1v) is 9.93. The fourth-order valence-corrected chi connectivity index (χ4v) is 3.34. The van der Waals surface area contributed by atoms with Gasteiger partial charge in [0, 0.05) is 31.1 Å². The number of fused-ring (bicyclic) bond motifs is 1. The summed E-state index contributed by atoms with van der Waals surface area (Å²) in [5.74, 6) is -2.47. The van der Waals surface area contributed by atoms with Gasteiger partial charge in [0.25, 0.3) is 11.5 Å². The fraction of sp³-hybridized carbons (Fsp3) is 0.350. The molecule has 0 saturated heterocycles. The van der Waals surface area contributed by atoms with E-state index >= 15 is 0 Å². The lowest BCUT2D eigenvalue weighted by Gasteiger charge is -2.25. The summed E-state index contributed by atoms with van der Waals surface area (Å²) in [6.07, 6.45) is -0.0854. The molecule has 0 aliphatic carbocycles. The van der Waals surface area contributed by atoms with E-state index in [0.29, 0.717) is 30.9 Å². The summed E-state index contributed by atoms with van der Waals surface area (Å²) in [6.45, 7) is 1.05. The van der Waals surface area contributed by atoms with Crippen LogP contribution in [0, 0.1) is 0 Å². The summed E-state index contributed by atoms with van der Waals surface area (Å²) in [5, 5.41) is 26.6. The molecular formula is C20H24N6O6. The van der Waals surface area contributed by atoms with E-state index in [-0.39, 0.29) is 36.0 Å². The van der Waals surface area contributed by atoms with Gasteiger partial charge in [0.15, 0.2) is 0 Å². The standard InChI is InChI=1S/C20H24N6O6/c21-20-25-16-13(18(30)26-20)7-12(9-23-16)22-8-10-1-3-11(4-2-10)17(29)24-14(19(31)32)5-6-15(27)28/h1-4,12,14,22H,5-9H2,(H,24,29)(H,27,28)(H,31,32)(H4,21,23,25,26,30)/t12?,14-/m0/s1. The highest BCUT2D eigenvalue weighted by Crippen LogP contribution is 2.16. The zero-order valence-corrected chi connectivity index (χ0v) is 17.1. The van der Waals surface area contributed by atoms with Crippen LogP contribution in [0.2, 0.25) is 0 Å². The Hall–Kier alpha value is -3.93. The third kappa shape index (κ3) is 5.82. The highest BCUT2D eigenvalue weighted by molar-refractivity contribution is 5.96. The maximum Gasteiger partial charge on any atom is 0.326 e. The van der Waals surface area contributed by atoms with Crippen molar-refractivity contribution < 1.29 is 24.6 Å². The molecule has 1 unspecified atom stereocenters. The number of hydrogen-bond acceptors (Lipinski definition) is 8. The van der Waals surface area contributed by atoms with Gasteiger partial charge in [-0.25, -0.2) is 4.79 Å². The molecule has 3 rings (SSSR count). The normalized spacial score (nSPS) is 15.8. The molecule has 1 aliphatic heterocycles. The summed E-state index contributed by atoms with van der Waals surface area (Å²) in [4.78, 5) is 52.8. The fourth-order valence-electron chi connectivity index (χ4n) is 3.34. The van der Waals surface area contributed by atoms with Crippen LogP contribution < -0.4 is 27.2 Å². The minimum Gasteiger partial charge on any atom is -0.481 e. The Morgan fingerprint density at radius 2 is 1.94 bits per heavy atom. The Labute approximate surface area is 182 Å². The zero-order valence-electron chi connectivity index (χ0n) is 17.1. The molecule has 1 aromatic heterocycles. The summed E-state index contributed by atoms with van der Waals surface area (Å²) < 4.78 is 0. The molecule has 170 valence electrons. The number of carboxylic acids is 2. The number of nitrogens with two attached hydrogens (primary N) is 1. The monoisotopic (exact) mass is 444 g/mol. The number of rotatable bonds is 9. The van der Waals surface area contributed by atoms with Crippen LogP contribution in [0.15, 0.2) is 29.1 Å². The number of benzene rings is 1. The molecule has 1 amide bonds. The number of nitrogens with zero attached hydrogens (tertiary/aromatic N) is 1. The van der Waals surface area contributed by atoms with Crippen LogP contribution in [-0.2, 0) is 22.6 Å². The first-order chi connectivity index (χ1) is 15.2. The number of H-pyrrole nitrogens is 1. The second kappa shape index (κ2) is 9.92. The van der Waals surface area contributed by atoms with Gasteiger partial charge in [0.1, 0.15) is 11.9 Å². The molecule has 0 saturated carbocycles. The van der Waals surface area contributed by atoms with E-state index in [4.69, 9.17) is 15.9 Å². The van der Waals surface area contributed by atoms with Crippen LogP contribution in [0.3, 0.4) is 0 Å². The number of aromatic nitrogens is 2. The Balaban J connectivity index is 1.54. The number of hydrogen-bond donors (Lipinski definition) is 7. The molecule has 12 heteroatoms. The molecule has 1 aliphatic rings. The average molecular weight is 444 g/mol. The second-order valence-corrected chi connectivity index (χ2v) is 7.43. The van der Waals surface area contributed by atoms with Crippen molar-refractivity contribution in [1.29, 1.82) is 0 Å². The number of amides is 1. The summed E-state index contributed by atoms with van der Waals surface area (Å²) >= 11 is 0. The molecule has 0 radical (unpaired) electrons. The minimum absolute atomic E-state index is 0.0115. The Morgan fingerprint density at radius 1 is 1.22 bits per heavy atom. The SMILES string of the molecule is Nc1nc2c(c(=O)[nH]1)CC(NCc1ccc(C(=O)N[C@@H](CCC(=O)O)C(=O)O)cc1)CN2. The van der Waals surface area contributed by atoms with E-state index in [1.807, 2.05) is 0 Å². The Morgan fingerprint density at radius 3 is 2.59 bits per heavy atom. The van der Waals surface area contributed by atoms with Crippen LogP contribution in [0.5, 0.6) is 0 Å². The Kier molecular flexibility index (Phi) is 7.05. The number of nitrogen functional groups attached to an aromatic ring is 1. The van der Waals surface area contributed by atoms with Gasteiger partial charge in [-0.1, -0.05) is 12.1 Å². The molecule has 8 N–H and O–H groups in total. The minimum atomic E-state index is -1.29. The molecule has 2 aromatic rings. The smallest absolute Gasteiger partial charge is 0.326 e. The van der Waals surface area contributed by atoms with Gasteiger partial charge in [-0.05, 0) is 30.5 Å². The molecular weight excluding hydrogens is 420 g/mol. The number of aromatic amines is 1. The first kappa shape index (κ1) is 22.7. The predicted octanol–water partition coefficient (Wildman–Crippen LogP) is -0.474. The van der Waals surface area contributed by atoms with Crippen LogP contribution in [0.4, 0.5) is 11.8 Å². The van der Waals surface area contributed by atoms with Gasteiger partial charge in [-0.3, -0.25) is 19.4 Å². The summed E-state index contributed by atoms with van der Waals surface area (Å²) in [5.41, 5.74) is 6.96. The van der Waals surface area contributed by atoms with E-state index in [0.717, 1.165) is 5.56 Å². The van der Waals surface area contributed by atoms with E-state index in [1.165, 1.54) is 0 Å². The van der Waals surface area contributed by atoms with Crippen molar-refractivity contribution in [3.05, 3.63) is 51.3 Å². The van der Waals surface area contributed by atoms with Crippen molar-refractivity contribution in [2.75, 3.05) is 17.6 Å². The van der Waals surface area contributed by atoms with Crippen LogP contribution >= 0.6 is 0 Å². The first-order valence-electron chi connectivity index (χ1n) is 9.93. The largest absolute Gasteiger partial charge is 0.481 e. The van der Waals surface area contributed by atoms with Gasteiger partial charge in [0.2, 0.25) is 5.95 Å². The van der Waals surface area contributed by atoms with Crippen molar-refractivity contribution in [2.45, 2.75) is 37.9 Å². The summed E-state index contributed by atoms with van der Waals surface area (Å²) in [7, 11) is 0. The molecule has 1 aromatic carbocycles. The molecule has 12 nitrogen and oxygen atoms in total. The molecule has 0 bridgehead atoms. The number of carboxylic acid groups (broad SMARTS) is 2. The van der Waals surface area contributed by atoms with Crippen LogP contribution in [-0.4, -0.2) is 56.7 Å². The van der Waals surface area contributed by atoms with Crippen molar-refractivity contribution in [2.24, 2.45) is 0 Å². The van der Waals surface area contributed by atoms with Crippen LogP contribution in [0.1, 0.15) is 34.3 Å². The topological polar surface area (TPSA) is 200 Å². The molecule has 0 fully saturated rings. The number of nitrogens with one attached hydrogen (secondary N) is 4. The lowest BCUT2D eigenvalue weighted by Crippen LogP contribution is -2.42. The molecule has 2 atom stereocenters. The third-order valence-electron chi connectivity index (χ3n) is 5.06. The number of anilines is 2. The van der Waals surface area contributed by atoms with E-state index in [9.17, 15) is 19.2 Å². The quantitative estimate of drug-likeness (QED) is 0.265. The molecule has 32 heavy (non-hydrogen) atoms. The molecule has 2 heterocycles.